The summed E-state index contributed by atoms with van der Waals surface area (Å²) in [6.07, 6.45) is 0. The molecule has 6 nitrogen and oxygen atoms in total. The van der Waals surface area contributed by atoms with Crippen LogP contribution < -0.4 is 10.5 Å². The topological polar surface area (TPSA) is 81.9 Å². The number of nitrogen functional groups attached to an aromatic ring is 1. The zero-order valence-electron chi connectivity index (χ0n) is 11.3. The molecule has 0 saturated heterocycles. The number of benzene rings is 1. The van der Waals surface area contributed by atoms with Crippen molar-refractivity contribution in [3.05, 3.63) is 23.8 Å². The van der Waals surface area contributed by atoms with Gasteiger partial charge in [0.25, 0.3) is 5.91 Å². The molecule has 0 radical (unpaired) electrons. The fourth-order valence-corrected chi connectivity index (χ4v) is 1.53. The third kappa shape index (κ3) is 3.87. The molecule has 6 heteroatoms. The highest BCUT2D eigenvalue weighted by atomic mass is 16.5. The van der Waals surface area contributed by atoms with Gasteiger partial charge in [-0.3, -0.25) is 9.59 Å². The lowest BCUT2D eigenvalue weighted by Crippen LogP contribution is -2.33. The van der Waals surface area contributed by atoms with Crippen LogP contribution in [0, 0.1) is 0 Å². The van der Waals surface area contributed by atoms with E-state index in [-0.39, 0.29) is 19.1 Å². The number of esters is 1. The first-order valence-corrected chi connectivity index (χ1v) is 5.84. The molecule has 1 amide bonds. The van der Waals surface area contributed by atoms with Gasteiger partial charge in [-0.1, -0.05) is 0 Å². The third-order valence-corrected chi connectivity index (χ3v) is 2.51. The van der Waals surface area contributed by atoms with Crippen LogP contribution in [-0.4, -0.2) is 44.1 Å². The summed E-state index contributed by atoms with van der Waals surface area (Å²) in [6.45, 7) is 1.87. The Kier molecular flexibility index (Phi) is 5.17. The summed E-state index contributed by atoms with van der Waals surface area (Å²) in [5.74, 6) is -0.286. The highest BCUT2D eigenvalue weighted by Crippen LogP contribution is 2.20. The number of hydrogen-bond acceptors (Lipinski definition) is 5. The molecule has 0 bridgehead atoms. The fourth-order valence-electron chi connectivity index (χ4n) is 1.53. The van der Waals surface area contributed by atoms with Crippen LogP contribution in [0.5, 0.6) is 5.75 Å². The summed E-state index contributed by atoms with van der Waals surface area (Å²) < 4.78 is 9.83. The van der Waals surface area contributed by atoms with E-state index in [1.54, 1.807) is 25.1 Å². The first-order chi connectivity index (χ1) is 8.99. The van der Waals surface area contributed by atoms with Gasteiger partial charge in [0, 0.05) is 12.7 Å². The number of amides is 1. The highest BCUT2D eigenvalue weighted by molar-refractivity contribution is 6.00. The molecule has 2 N–H and O–H groups in total. The molecule has 0 fully saturated rings. The van der Waals surface area contributed by atoms with E-state index in [0.29, 0.717) is 17.0 Å². The number of nitrogens with two attached hydrogens (primary N) is 1. The zero-order valence-corrected chi connectivity index (χ0v) is 11.3. The van der Waals surface area contributed by atoms with Gasteiger partial charge in [-0.05, 0) is 25.1 Å². The first kappa shape index (κ1) is 14.8. The van der Waals surface area contributed by atoms with Crippen LogP contribution in [0.15, 0.2) is 18.2 Å². The van der Waals surface area contributed by atoms with E-state index in [4.69, 9.17) is 15.2 Å². The minimum absolute atomic E-state index is 0.122. The molecule has 0 spiro atoms. The van der Waals surface area contributed by atoms with Gasteiger partial charge < -0.3 is 20.1 Å². The lowest BCUT2D eigenvalue weighted by atomic mass is 10.1. The van der Waals surface area contributed by atoms with Crippen LogP contribution in [0.4, 0.5) is 5.69 Å². The van der Waals surface area contributed by atoms with E-state index in [1.165, 1.54) is 19.1 Å². The van der Waals surface area contributed by atoms with Gasteiger partial charge in [-0.15, -0.1) is 0 Å². The standard InChI is InChI=1S/C13H18N2O4/c1-4-19-12(16)8-15(2)13(17)10-7-9(18-3)5-6-11(10)14/h5-7H,4,8,14H2,1-3H3. The molecular weight excluding hydrogens is 248 g/mol. The van der Waals surface area contributed by atoms with Crippen molar-refractivity contribution in [2.24, 2.45) is 0 Å². The lowest BCUT2D eigenvalue weighted by Gasteiger charge is -2.17. The molecule has 1 rings (SSSR count). The molecule has 0 heterocycles. The largest absolute Gasteiger partial charge is 0.497 e. The van der Waals surface area contributed by atoms with Gasteiger partial charge in [0.05, 0.1) is 19.3 Å². The third-order valence-electron chi connectivity index (χ3n) is 2.51. The Morgan fingerprint density at radius 3 is 2.63 bits per heavy atom. The molecule has 1 aromatic rings. The Morgan fingerprint density at radius 1 is 1.37 bits per heavy atom. The number of rotatable bonds is 5. The molecule has 0 aliphatic heterocycles. The molecule has 19 heavy (non-hydrogen) atoms. The van der Waals surface area contributed by atoms with Crippen molar-refractivity contribution in [3.8, 4) is 5.75 Å². The van der Waals surface area contributed by atoms with E-state index in [1.807, 2.05) is 0 Å². The number of hydrogen-bond donors (Lipinski definition) is 1. The van der Waals surface area contributed by atoms with E-state index >= 15 is 0 Å². The summed E-state index contributed by atoms with van der Waals surface area (Å²) in [5.41, 5.74) is 6.39. The minimum atomic E-state index is -0.459. The predicted octanol–water partition coefficient (Wildman–Crippen LogP) is 0.912. The lowest BCUT2D eigenvalue weighted by molar-refractivity contribution is -0.143. The Labute approximate surface area is 112 Å². The molecule has 104 valence electrons. The normalized spacial score (nSPS) is 9.84. The second kappa shape index (κ2) is 6.63. The van der Waals surface area contributed by atoms with Crippen molar-refractivity contribution in [1.29, 1.82) is 0 Å². The summed E-state index contributed by atoms with van der Waals surface area (Å²) >= 11 is 0. The number of methoxy groups -OCH3 is 1. The van der Waals surface area contributed by atoms with Crippen LogP contribution >= 0.6 is 0 Å². The van der Waals surface area contributed by atoms with Crippen LogP contribution in [0.2, 0.25) is 0 Å². The minimum Gasteiger partial charge on any atom is -0.497 e. The maximum absolute atomic E-state index is 12.2. The highest BCUT2D eigenvalue weighted by Gasteiger charge is 2.18. The molecular formula is C13H18N2O4. The summed E-state index contributed by atoms with van der Waals surface area (Å²) in [5, 5.41) is 0. The van der Waals surface area contributed by atoms with E-state index < -0.39 is 5.97 Å². The quantitative estimate of drug-likeness (QED) is 0.633. The van der Waals surface area contributed by atoms with Crippen molar-refractivity contribution in [3.63, 3.8) is 0 Å². The predicted molar refractivity (Wildman–Crippen MR) is 71.0 cm³/mol. The van der Waals surface area contributed by atoms with Gasteiger partial charge in [-0.2, -0.15) is 0 Å². The number of likely N-dealkylation sites (N-methyl/N-ethyl adjacent to an activating group) is 1. The Morgan fingerprint density at radius 2 is 2.05 bits per heavy atom. The van der Waals surface area contributed by atoms with Gasteiger partial charge in [0.15, 0.2) is 0 Å². The summed E-state index contributed by atoms with van der Waals surface area (Å²) in [7, 11) is 3.01. The van der Waals surface area contributed by atoms with Crippen molar-refractivity contribution in [2.75, 3.05) is 33.0 Å². The van der Waals surface area contributed by atoms with Gasteiger partial charge in [-0.25, -0.2) is 0 Å². The zero-order chi connectivity index (χ0) is 14.4. The molecule has 0 saturated carbocycles. The van der Waals surface area contributed by atoms with Crippen LogP contribution in [-0.2, 0) is 9.53 Å². The smallest absolute Gasteiger partial charge is 0.325 e. The average molecular weight is 266 g/mol. The number of ether oxygens (including phenoxy) is 2. The monoisotopic (exact) mass is 266 g/mol. The van der Waals surface area contributed by atoms with Gasteiger partial charge >= 0.3 is 5.97 Å². The van der Waals surface area contributed by atoms with Crippen molar-refractivity contribution in [1.82, 2.24) is 4.90 Å². The van der Waals surface area contributed by atoms with E-state index in [0.717, 1.165) is 0 Å². The maximum atomic E-state index is 12.2. The van der Waals surface area contributed by atoms with Gasteiger partial charge in [0.2, 0.25) is 0 Å². The number of nitrogens with zero attached hydrogens (tertiary/aromatic N) is 1. The number of carbonyl (C=O) groups is 2. The molecule has 0 unspecified atom stereocenters. The van der Waals surface area contributed by atoms with E-state index in [9.17, 15) is 9.59 Å². The van der Waals surface area contributed by atoms with Crippen molar-refractivity contribution in [2.45, 2.75) is 6.92 Å². The summed E-state index contributed by atoms with van der Waals surface area (Å²) in [4.78, 5) is 24.7. The average Bonchev–Trinajstić information content (AvgIpc) is 2.38. The molecule has 0 aromatic heterocycles. The fraction of sp³-hybridized carbons (Fsp3) is 0.385. The van der Waals surface area contributed by atoms with Crippen molar-refractivity contribution < 1.29 is 19.1 Å². The maximum Gasteiger partial charge on any atom is 0.325 e. The Balaban J connectivity index is 2.84. The summed E-state index contributed by atoms with van der Waals surface area (Å²) in [6, 6.07) is 4.79. The van der Waals surface area contributed by atoms with Crippen LogP contribution in [0.25, 0.3) is 0 Å². The molecule has 0 aliphatic carbocycles. The molecule has 0 atom stereocenters. The van der Waals surface area contributed by atoms with Crippen LogP contribution in [0.3, 0.4) is 0 Å². The molecule has 0 aliphatic rings. The number of carbonyl (C=O) groups excluding carboxylic acids is 2. The number of anilines is 1. The second-order valence-electron chi connectivity index (χ2n) is 3.92. The Bertz CT molecular complexity index is 474. The molecule has 1 aromatic carbocycles. The van der Waals surface area contributed by atoms with Crippen LogP contribution in [0.1, 0.15) is 17.3 Å². The Hall–Kier alpha value is -2.24. The second-order valence-corrected chi connectivity index (χ2v) is 3.92. The SMILES string of the molecule is CCOC(=O)CN(C)C(=O)c1cc(OC)ccc1N. The first-order valence-electron chi connectivity index (χ1n) is 5.84. The van der Waals surface area contributed by atoms with E-state index in [2.05, 4.69) is 0 Å². The van der Waals surface area contributed by atoms with Gasteiger partial charge in [0.1, 0.15) is 12.3 Å². The van der Waals surface area contributed by atoms with Crippen molar-refractivity contribution >= 4 is 17.6 Å².